The summed E-state index contributed by atoms with van der Waals surface area (Å²) in [7, 11) is 1.43. The van der Waals surface area contributed by atoms with Crippen LogP contribution in [0.15, 0.2) is 12.5 Å². The molecule has 1 aromatic rings. The molecule has 17 heteroatoms. The minimum atomic E-state index is -2.09. The molecule has 2 rings (SSSR count). The fourth-order valence-electron chi connectivity index (χ4n) is 3.33. The number of carboxylic acids is 1. The Morgan fingerprint density at radius 2 is 1.81 bits per heavy atom. The predicted molar refractivity (Wildman–Crippen MR) is 128 cm³/mol. The van der Waals surface area contributed by atoms with Crippen LogP contribution < -0.4 is 32.3 Å². The number of carboxylic acid groups (broad SMARTS) is 1. The molecule has 0 saturated carbocycles. The zero-order chi connectivity index (χ0) is 27.8. The van der Waals surface area contributed by atoms with Crippen molar-refractivity contribution in [3.05, 3.63) is 18.2 Å². The number of nitrogens with zero attached hydrogens (tertiary/aromatic N) is 1. The van der Waals surface area contributed by atoms with E-state index in [-0.39, 0.29) is 12.2 Å². The van der Waals surface area contributed by atoms with Gasteiger partial charge in [0.1, 0.15) is 18.1 Å². The third-order valence-electron chi connectivity index (χ3n) is 5.43. The normalized spacial score (nSPS) is 28.1. The Morgan fingerprint density at radius 1 is 1.14 bits per heavy atom. The summed E-state index contributed by atoms with van der Waals surface area (Å²) in [6.45, 7) is 0.478. The highest BCUT2D eigenvalue weighted by molar-refractivity contribution is 8.01. The van der Waals surface area contributed by atoms with Crippen LogP contribution in [-0.2, 0) is 35.2 Å². The molecule has 2 heterocycles. The summed E-state index contributed by atoms with van der Waals surface area (Å²) in [5.41, 5.74) is 5.57. The van der Waals surface area contributed by atoms with Gasteiger partial charge in [0.25, 0.3) is 0 Å². The van der Waals surface area contributed by atoms with E-state index in [1.807, 2.05) is 0 Å². The van der Waals surface area contributed by atoms with Crippen molar-refractivity contribution >= 4 is 47.3 Å². The average Bonchev–Trinajstić information content (AvgIpc) is 3.33. The molecule has 1 saturated heterocycles. The van der Waals surface area contributed by atoms with E-state index in [1.54, 1.807) is 0 Å². The van der Waals surface area contributed by atoms with E-state index in [4.69, 9.17) is 5.73 Å². The minimum Gasteiger partial charge on any atom is -0.479 e. The predicted octanol–water partition coefficient (Wildman–Crippen LogP) is -4.47. The fourth-order valence-corrected chi connectivity index (χ4v) is 4.65. The SMILES string of the molecule is CN[C@H]1CS[C@](Cc2cnc[nH]2)(C(=O)O)NC(=O)C(CC(N)=O)NC(=O)C(C)NC(=O)C(CO)NC1=O. The smallest absolute Gasteiger partial charge is 0.340 e. The molecule has 1 aliphatic rings. The highest BCUT2D eigenvalue weighted by Gasteiger charge is 2.44. The number of aliphatic hydroxyl groups is 1. The number of likely N-dealkylation sites (N-methyl/N-ethyl adjacent to an activating group) is 1. The number of carbonyl (C=O) groups is 6. The number of nitrogens with one attached hydrogen (secondary N) is 6. The summed E-state index contributed by atoms with van der Waals surface area (Å²) < 4.78 is 0. The second-order valence-electron chi connectivity index (χ2n) is 8.23. The molecule has 10 N–H and O–H groups in total. The van der Waals surface area contributed by atoms with Gasteiger partial charge in [-0.2, -0.15) is 0 Å². The molecule has 1 aromatic heterocycles. The largest absolute Gasteiger partial charge is 0.479 e. The van der Waals surface area contributed by atoms with Crippen LogP contribution in [-0.4, -0.2) is 104 Å². The van der Waals surface area contributed by atoms with E-state index in [0.29, 0.717) is 17.5 Å². The molecule has 0 radical (unpaired) electrons. The molecule has 1 fully saturated rings. The molecular formula is C20H30N8O8S. The van der Waals surface area contributed by atoms with Crippen LogP contribution in [0, 0.1) is 0 Å². The topological polar surface area (TPSA) is 258 Å². The number of hydrogen-bond donors (Lipinski definition) is 9. The van der Waals surface area contributed by atoms with Crippen LogP contribution in [0.1, 0.15) is 19.0 Å². The third kappa shape index (κ3) is 7.89. The Morgan fingerprint density at radius 3 is 2.35 bits per heavy atom. The van der Waals surface area contributed by atoms with Crippen molar-refractivity contribution in [3.63, 3.8) is 0 Å². The first kappa shape index (κ1) is 29.5. The number of nitrogens with two attached hydrogens (primary N) is 1. The molecule has 5 atom stereocenters. The maximum atomic E-state index is 13.2. The molecule has 0 spiro atoms. The summed E-state index contributed by atoms with van der Waals surface area (Å²) in [5.74, 6) is -6.21. The van der Waals surface area contributed by atoms with Gasteiger partial charge in [-0.1, -0.05) is 0 Å². The van der Waals surface area contributed by atoms with Crippen LogP contribution in [0.5, 0.6) is 0 Å². The monoisotopic (exact) mass is 542 g/mol. The van der Waals surface area contributed by atoms with Gasteiger partial charge in [0.05, 0.1) is 25.4 Å². The first-order valence-electron chi connectivity index (χ1n) is 11.1. The van der Waals surface area contributed by atoms with Crippen LogP contribution in [0.4, 0.5) is 0 Å². The first-order chi connectivity index (χ1) is 17.4. The van der Waals surface area contributed by atoms with Gasteiger partial charge in [-0.15, -0.1) is 11.8 Å². The molecular weight excluding hydrogens is 512 g/mol. The van der Waals surface area contributed by atoms with Gasteiger partial charge in [0, 0.05) is 24.1 Å². The Bertz CT molecular complexity index is 1020. The van der Waals surface area contributed by atoms with Crippen LogP contribution >= 0.6 is 11.8 Å². The number of rotatable bonds is 7. The van der Waals surface area contributed by atoms with Crippen LogP contribution in [0.2, 0.25) is 0 Å². The maximum Gasteiger partial charge on any atom is 0.340 e. The standard InChI is InChI=1S/C20H30N8O8S/c1-9-15(31)26-11(3-14(21)30)18(34)28-20(19(35)36,4-10-5-23-8-24-10)37-7-13(22-2)17(33)27-12(6-29)16(32)25-9/h5,8-9,11-13,22,29H,3-4,6-7H2,1-2H3,(H2,21,30)(H,23,24)(H,25,32)(H,26,31)(H,27,33)(H,28,34)(H,35,36)/t9?,11?,12?,13-,20+/m0/s1. The fraction of sp³-hybridized carbons (Fsp3) is 0.550. The van der Waals surface area contributed by atoms with E-state index in [9.17, 15) is 39.0 Å². The lowest BCUT2D eigenvalue weighted by Crippen LogP contribution is -2.61. The van der Waals surface area contributed by atoms with Gasteiger partial charge in [0.15, 0.2) is 4.87 Å². The zero-order valence-corrected chi connectivity index (χ0v) is 20.9. The summed E-state index contributed by atoms with van der Waals surface area (Å²) >= 11 is 0.685. The molecule has 16 nitrogen and oxygen atoms in total. The van der Waals surface area contributed by atoms with E-state index < -0.39 is 77.6 Å². The number of imidazole rings is 1. The van der Waals surface area contributed by atoms with Gasteiger partial charge >= 0.3 is 5.97 Å². The Hall–Kier alpha value is -3.70. The van der Waals surface area contributed by atoms with Crippen molar-refractivity contribution < 1.29 is 39.0 Å². The molecule has 0 aromatic carbocycles. The van der Waals surface area contributed by atoms with Crippen molar-refractivity contribution in [2.24, 2.45) is 5.73 Å². The number of thioether (sulfide) groups is 1. The lowest BCUT2D eigenvalue weighted by atomic mass is 10.1. The van der Waals surface area contributed by atoms with Crippen LogP contribution in [0.3, 0.4) is 0 Å². The summed E-state index contributed by atoms with van der Waals surface area (Å²) in [5, 5.41) is 31.8. The third-order valence-corrected chi connectivity index (χ3v) is 6.85. The maximum absolute atomic E-state index is 13.2. The van der Waals surface area contributed by atoms with Gasteiger partial charge in [0.2, 0.25) is 29.5 Å². The zero-order valence-electron chi connectivity index (χ0n) is 20.1. The molecule has 5 amide bonds. The number of aliphatic carboxylic acids is 1. The van der Waals surface area contributed by atoms with E-state index in [1.165, 1.54) is 26.5 Å². The van der Waals surface area contributed by atoms with E-state index in [0.717, 1.165) is 0 Å². The van der Waals surface area contributed by atoms with Gasteiger partial charge < -0.3 is 47.5 Å². The summed E-state index contributed by atoms with van der Waals surface area (Å²) in [4.78, 5) is 80.0. The van der Waals surface area contributed by atoms with Crippen molar-refractivity contribution in [1.82, 2.24) is 36.6 Å². The lowest BCUT2D eigenvalue weighted by Gasteiger charge is -2.32. The molecule has 3 unspecified atom stereocenters. The summed E-state index contributed by atoms with van der Waals surface area (Å²) in [6, 6.07) is -5.34. The second-order valence-corrected chi connectivity index (χ2v) is 9.55. The molecule has 0 bridgehead atoms. The van der Waals surface area contributed by atoms with Gasteiger partial charge in [-0.25, -0.2) is 9.78 Å². The van der Waals surface area contributed by atoms with E-state index in [2.05, 4.69) is 36.6 Å². The lowest BCUT2D eigenvalue weighted by molar-refractivity contribution is -0.144. The number of amides is 5. The van der Waals surface area contributed by atoms with E-state index >= 15 is 0 Å². The molecule has 204 valence electrons. The van der Waals surface area contributed by atoms with Crippen molar-refractivity contribution in [1.29, 1.82) is 0 Å². The number of aromatic nitrogens is 2. The van der Waals surface area contributed by atoms with Crippen molar-refractivity contribution in [2.45, 2.75) is 48.8 Å². The Balaban J connectivity index is 2.55. The van der Waals surface area contributed by atoms with Gasteiger partial charge in [-0.05, 0) is 14.0 Å². The molecule has 0 aliphatic carbocycles. The second kappa shape index (κ2) is 13.0. The van der Waals surface area contributed by atoms with Gasteiger partial charge in [-0.3, -0.25) is 24.0 Å². The highest BCUT2D eigenvalue weighted by atomic mass is 32.2. The molecule has 37 heavy (non-hydrogen) atoms. The summed E-state index contributed by atoms with van der Waals surface area (Å²) in [6.07, 6.45) is 1.68. The minimum absolute atomic E-state index is 0.216. The Labute approximate surface area is 215 Å². The molecule has 1 aliphatic heterocycles. The quantitative estimate of drug-likeness (QED) is 0.159. The van der Waals surface area contributed by atoms with Crippen molar-refractivity contribution in [2.75, 3.05) is 19.4 Å². The number of aliphatic hydroxyl groups excluding tert-OH is 1. The number of H-pyrrole nitrogens is 1. The number of aromatic amines is 1. The van der Waals surface area contributed by atoms with Crippen molar-refractivity contribution in [3.8, 4) is 0 Å². The number of carbonyl (C=O) groups excluding carboxylic acids is 5. The number of hydrogen-bond acceptors (Lipinski definition) is 10. The average molecular weight is 543 g/mol. The number of primary amides is 1. The van der Waals surface area contributed by atoms with Crippen LogP contribution in [0.25, 0.3) is 0 Å². The first-order valence-corrected chi connectivity index (χ1v) is 12.0. The highest BCUT2D eigenvalue weighted by Crippen LogP contribution is 2.28. The Kier molecular flexibility index (Phi) is 10.4.